The summed E-state index contributed by atoms with van der Waals surface area (Å²) in [5, 5.41) is 13.8. The first-order chi connectivity index (χ1) is 8.76. The summed E-state index contributed by atoms with van der Waals surface area (Å²) in [6, 6.07) is 1.00. The Balaban J connectivity index is 1.65. The number of aryl methyl sites for hydroxylation is 1. The van der Waals surface area contributed by atoms with E-state index in [9.17, 15) is 5.11 Å². The molecule has 2 fully saturated rings. The number of aliphatic hydroxyl groups is 1. The zero-order chi connectivity index (χ0) is 12.5. The first-order valence-corrected chi connectivity index (χ1v) is 7.01. The predicted molar refractivity (Wildman–Crippen MR) is 65.9 cm³/mol. The summed E-state index contributed by atoms with van der Waals surface area (Å²) in [7, 11) is 0. The third kappa shape index (κ3) is 2.29. The highest BCUT2D eigenvalue weighted by Crippen LogP contribution is 2.36. The van der Waals surface area contributed by atoms with E-state index in [4.69, 9.17) is 4.52 Å². The average molecular weight is 251 g/mol. The number of nitrogens with zero attached hydrogens (tertiary/aromatic N) is 3. The van der Waals surface area contributed by atoms with Gasteiger partial charge in [-0.05, 0) is 32.1 Å². The van der Waals surface area contributed by atoms with E-state index in [1.165, 1.54) is 12.8 Å². The van der Waals surface area contributed by atoms with E-state index in [1.807, 2.05) is 0 Å². The molecule has 2 bridgehead atoms. The van der Waals surface area contributed by atoms with Gasteiger partial charge in [-0.2, -0.15) is 4.98 Å². The van der Waals surface area contributed by atoms with Crippen LogP contribution in [0.3, 0.4) is 0 Å². The quantitative estimate of drug-likeness (QED) is 0.879. The van der Waals surface area contributed by atoms with Gasteiger partial charge in [0.2, 0.25) is 5.89 Å². The molecule has 1 N–H and O–H groups in total. The molecule has 0 spiro atoms. The van der Waals surface area contributed by atoms with Gasteiger partial charge in [0.1, 0.15) is 0 Å². The van der Waals surface area contributed by atoms with Gasteiger partial charge in [0, 0.05) is 18.5 Å². The number of fused-ring (bicyclic) bond motifs is 2. The van der Waals surface area contributed by atoms with Gasteiger partial charge in [0.05, 0.1) is 12.6 Å². The summed E-state index contributed by atoms with van der Waals surface area (Å²) in [4.78, 5) is 6.87. The summed E-state index contributed by atoms with van der Waals surface area (Å²) in [5.74, 6) is 1.55. The van der Waals surface area contributed by atoms with E-state index in [1.54, 1.807) is 0 Å². The highest BCUT2D eigenvalue weighted by atomic mass is 16.5. The number of piperidine rings is 1. The smallest absolute Gasteiger partial charge is 0.240 e. The number of aliphatic hydroxyl groups excluding tert-OH is 1. The van der Waals surface area contributed by atoms with Crippen molar-refractivity contribution in [2.75, 3.05) is 0 Å². The largest absolute Gasteiger partial charge is 0.393 e. The highest BCUT2D eigenvalue weighted by molar-refractivity contribution is 4.97. The van der Waals surface area contributed by atoms with Crippen LogP contribution >= 0.6 is 0 Å². The molecule has 1 aromatic heterocycles. The molecule has 3 rings (SSSR count). The fraction of sp³-hybridized carbons (Fsp3) is 0.846. The Hall–Kier alpha value is -0.940. The molecule has 0 saturated carbocycles. The molecule has 0 radical (unpaired) electrons. The maximum absolute atomic E-state index is 9.77. The Morgan fingerprint density at radius 2 is 2.06 bits per heavy atom. The minimum absolute atomic E-state index is 0.114. The Morgan fingerprint density at radius 3 is 2.72 bits per heavy atom. The maximum Gasteiger partial charge on any atom is 0.240 e. The number of aromatic nitrogens is 2. The fourth-order valence-electron chi connectivity index (χ4n) is 3.34. The molecule has 5 heteroatoms. The van der Waals surface area contributed by atoms with Gasteiger partial charge < -0.3 is 9.63 Å². The van der Waals surface area contributed by atoms with Crippen molar-refractivity contribution in [3.63, 3.8) is 0 Å². The topological polar surface area (TPSA) is 62.4 Å². The lowest BCUT2D eigenvalue weighted by Gasteiger charge is -2.36. The van der Waals surface area contributed by atoms with E-state index in [-0.39, 0.29) is 6.10 Å². The molecular formula is C13H21N3O2. The molecular weight excluding hydrogens is 230 g/mol. The zero-order valence-electron chi connectivity index (χ0n) is 10.9. The molecule has 18 heavy (non-hydrogen) atoms. The van der Waals surface area contributed by atoms with Crippen molar-refractivity contribution in [1.82, 2.24) is 15.0 Å². The van der Waals surface area contributed by atoms with Gasteiger partial charge in [0.15, 0.2) is 5.82 Å². The maximum atomic E-state index is 9.77. The van der Waals surface area contributed by atoms with Crippen LogP contribution in [0.2, 0.25) is 0 Å². The van der Waals surface area contributed by atoms with Crippen LogP contribution in [-0.2, 0) is 13.0 Å². The van der Waals surface area contributed by atoms with E-state index >= 15 is 0 Å². The van der Waals surface area contributed by atoms with Crippen molar-refractivity contribution < 1.29 is 9.63 Å². The van der Waals surface area contributed by atoms with Crippen LogP contribution in [0.15, 0.2) is 4.52 Å². The molecule has 0 aliphatic carbocycles. The second-order valence-electron chi connectivity index (χ2n) is 5.54. The molecule has 0 aromatic carbocycles. The number of rotatable bonds is 4. The van der Waals surface area contributed by atoms with Crippen molar-refractivity contribution in [1.29, 1.82) is 0 Å². The lowest BCUT2D eigenvalue weighted by molar-refractivity contribution is 0.0256. The van der Waals surface area contributed by atoms with Crippen LogP contribution in [0.1, 0.15) is 50.7 Å². The Labute approximate surface area is 107 Å². The van der Waals surface area contributed by atoms with Crippen molar-refractivity contribution in [2.45, 2.75) is 70.2 Å². The molecule has 5 nitrogen and oxygen atoms in total. The van der Waals surface area contributed by atoms with Gasteiger partial charge in [-0.3, -0.25) is 4.90 Å². The molecule has 2 saturated heterocycles. The van der Waals surface area contributed by atoms with Gasteiger partial charge >= 0.3 is 0 Å². The molecule has 2 aliphatic rings. The molecule has 3 heterocycles. The molecule has 2 aliphatic heterocycles. The third-order valence-electron chi connectivity index (χ3n) is 4.16. The van der Waals surface area contributed by atoms with Crippen LogP contribution < -0.4 is 0 Å². The fourth-order valence-corrected chi connectivity index (χ4v) is 3.34. The summed E-state index contributed by atoms with van der Waals surface area (Å²) in [6.45, 7) is 2.86. The van der Waals surface area contributed by atoms with Crippen LogP contribution in [0.5, 0.6) is 0 Å². The minimum atomic E-state index is -0.114. The number of hydrogen-bond donors (Lipinski definition) is 1. The zero-order valence-corrected chi connectivity index (χ0v) is 10.9. The van der Waals surface area contributed by atoms with Crippen molar-refractivity contribution in [2.24, 2.45) is 0 Å². The Bertz CT molecular complexity index is 393. The van der Waals surface area contributed by atoms with Crippen molar-refractivity contribution >= 4 is 0 Å². The molecule has 2 unspecified atom stereocenters. The normalized spacial score (nSPS) is 32.0. The highest BCUT2D eigenvalue weighted by Gasteiger charge is 2.40. The van der Waals surface area contributed by atoms with Gasteiger partial charge in [-0.25, -0.2) is 0 Å². The second-order valence-corrected chi connectivity index (χ2v) is 5.54. The molecule has 1 aromatic rings. The van der Waals surface area contributed by atoms with Crippen LogP contribution in [-0.4, -0.2) is 38.3 Å². The molecule has 2 atom stereocenters. The summed E-state index contributed by atoms with van der Waals surface area (Å²) >= 11 is 0. The Kier molecular flexibility index (Phi) is 3.35. The third-order valence-corrected chi connectivity index (χ3v) is 4.16. The summed E-state index contributed by atoms with van der Waals surface area (Å²) < 4.78 is 5.31. The van der Waals surface area contributed by atoms with E-state index < -0.39 is 0 Å². The van der Waals surface area contributed by atoms with Crippen LogP contribution in [0, 0.1) is 0 Å². The van der Waals surface area contributed by atoms with Crippen molar-refractivity contribution in [3.8, 4) is 0 Å². The Morgan fingerprint density at radius 1 is 1.33 bits per heavy atom. The van der Waals surface area contributed by atoms with Crippen molar-refractivity contribution in [3.05, 3.63) is 11.7 Å². The average Bonchev–Trinajstić information content (AvgIpc) is 2.85. The van der Waals surface area contributed by atoms with E-state index in [0.29, 0.717) is 12.1 Å². The minimum Gasteiger partial charge on any atom is -0.393 e. The first kappa shape index (κ1) is 12.1. The monoisotopic (exact) mass is 251 g/mol. The van der Waals surface area contributed by atoms with Crippen LogP contribution in [0.25, 0.3) is 0 Å². The molecule has 0 amide bonds. The van der Waals surface area contributed by atoms with E-state index in [2.05, 4.69) is 22.0 Å². The van der Waals surface area contributed by atoms with Gasteiger partial charge in [-0.1, -0.05) is 12.1 Å². The summed E-state index contributed by atoms with van der Waals surface area (Å²) in [6.07, 6.45) is 5.99. The predicted octanol–water partition coefficient (Wildman–Crippen LogP) is 1.51. The van der Waals surface area contributed by atoms with E-state index in [0.717, 1.165) is 43.9 Å². The van der Waals surface area contributed by atoms with Gasteiger partial charge in [-0.15, -0.1) is 0 Å². The SMILES string of the molecule is CCCc1noc(CN2C3CCC2CC(O)C3)n1. The second kappa shape index (κ2) is 4.97. The first-order valence-electron chi connectivity index (χ1n) is 7.01. The van der Waals surface area contributed by atoms with Crippen LogP contribution in [0.4, 0.5) is 0 Å². The standard InChI is InChI=1S/C13H21N3O2/c1-2-3-12-14-13(18-15-12)8-16-9-4-5-10(16)7-11(17)6-9/h9-11,17H,2-8H2,1H3. The lowest BCUT2D eigenvalue weighted by Crippen LogP contribution is -2.44. The molecule has 100 valence electrons. The van der Waals surface area contributed by atoms with Gasteiger partial charge in [0.25, 0.3) is 0 Å². The summed E-state index contributed by atoms with van der Waals surface area (Å²) in [5.41, 5.74) is 0. The lowest BCUT2D eigenvalue weighted by atomic mass is 10.00. The number of hydrogen-bond acceptors (Lipinski definition) is 5.